The number of hydrogen-bond donors (Lipinski definition) is 0. The van der Waals surface area contributed by atoms with Crippen molar-refractivity contribution in [2.24, 2.45) is 0 Å². The summed E-state index contributed by atoms with van der Waals surface area (Å²) in [6.07, 6.45) is 15.1. The minimum absolute atomic E-state index is 1.19. The van der Waals surface area contributed by atoms with Crippen molar-refractivity contribution in [1.82, 2.24) is 0 Å². The van der Waals surface area contributed by atoms with Crippen molar-refractivity contribution in [2.45, 2.75) is 91.4 Å². The van der Waals surface area contributed by atoms with Gasteiger partial charge in [0.15, 0.2) is 0 Å². The first-order chi connectivity index (χ1) is 18.6. The zero-order valence-corrected chi connectivity index (χ0v) is 23.9. The Kier molecular flexibility index (Phi) is 10.8. The molecule has 0 amide bonds. The van der Waals surface area contributed by atoms with Crippen LogP contribution >= 0.6 is 0 Å². The predicted octanol–water partition coefficient (Wildman–Crippen LogP) is 11.8. The van der Waals surface area contributed by atoms with Gasteiger partial charge in [0, 0.05) is 0 Å². The van der Waals surface area contributed by atoms with Crippen molar-refractivity contribution in [3.8, 4) is 33.4 Å². The normalized spacial score (nSPS) is 11.1. The molecule has 0 aliphatic carbocycles. The summed E-state index contributed by atoms with van der Waals surface area (Å²) in [6.45, 7) is 6.59. The van der Waals surface area contributed by atoms with Crippen LogP contribution in [0.1, 0.15) is 87.8 Å². The van der Waals surface area contributed by atoms with Crippen molar-refractivity contribution >= 4 is 0 Å². The molecule has 0 N–H and O–H groups in total. The third-order valence-corrected chi connectivity index (χ3v) is 7.81. The average molecular weight is 503 g/mol. The molecule has 0 saturated carbocycles. The van der Waals surface area contributed by atoms with E-state index in [1.54, 1.807) is 0 Å². The van der Waals surface area contributed by atoms with E-state index in [4.69, 9.17) is 0 Å². The van der Waals surface area contributed by atoms with E-state index >= 15 is 0 Å². The Hall–Kier alpha value is -3.12. The Morgan fingerprint density at radius 3 is 1.11 bits per heavy atom. The van der Waals surface area contributed by atoms with Crippen LogP contribution in [0.2, 0.25) is 0 Å². The van der Waals surface area contributed by atoms with Crippen LogP contribution in [-0.4, -0.2) is 0 Å². The topological polar surface area (TPSA) is 0 Å². The summed E-state index contributed by atoms with van der Waals surface area (Å²) in [7, 11) is 0. The fourth-order valence-electron chi connectivity index (χ4n) is 5.30. The van der Waals surface area contributed by atoms with Crippen LogP contribution < -0.4 is 0 Å². The molecule has 198 valence electrons. The van der Waals surface area contributed by atoms with E-state index in [1.165, 1.54) is 121 Å². The van der Waals surface area contributed by atoms with Crippen LogP contribution in [0.5, 0.6) is 0 Å². The standard InChI is InChI=1S/C38H46/c1-4-5-6-7-8-9-10-11-12-13-14-32-19-25-35(26-20-32)38-28-36(33-21-15-30(2)16-22-33)27-37(29-38)34-23-17-31(3)18-24-34/h15-29H,4-14H2,1-3H3. The van der Waals surface area contributed by atoms with Crippen molar-refractivity contribution in [3.05, 3.63) is 108 Å². The molecule has 0 heterocycles. The molecule has 4 aromatic carbocycles. The molecule has 0 nitrogen and oxygen atoms in total. The van der Waals surface area contributed by atoms with E-state index in [-0.39, 0.29) is 0 Å². The highest BCUT2D eigenvalue weighted by atomic mass is 14.1. The lowest BCUT2D eigenvalue weighted by atomic mass is 9.92. The zero-order chi connectivity index (χ0) is 26.6. The maximum absolute atomic E-state index is 2.35. The van der Waals surface area contributed by atoms with Gasteiger partial charge in [-0.2, -0.15) is 0 Å². The summed E-state index contributed by atoms with van der Waals surface area (Å²) in [5, 5.41) is 0. The van der Waals surface area contributed by atoms with E-state index in [0.29, 0.717) is 0 Å². The lowest BCUT2D eigenvalue weighted by Crippen LogP contribution is -1.89. The van der Waals surface area contributed by atoms with Crippen molar-refractivity contribution in [1.29, 1.82) is 0 Å². The molecule has 0 bridgehead atoms. The molecular weight excluding hydrogens is 456 g/mol. The number of aryl methyl sites for hydroxylation is 3. The van der Waals surface area contributed by atoms with Gasteiger partial charge in [0.05, 0.1) is 0 Å². The summed E-state index contributed by atoms with van der Waals surface area (Å²) >= 11 is 0. The van der Waals surface area contributed by atoms with Crippen LogP contribution in [0.3, 0.4) is 0 Å². The molecule has 0 aliphatic heterocycles. The third-order valence-electron chi connectivity index (χ3n) is 7.81. The summed E-state index contributed by atoms with van der Waals surface area (Å²) in [5.74, 6) is 0. The Bertz CT molecular complexity index is 1160. The highest BCUT2D eigenvalue weighted by Gasteiger charge is 2.08. The summed E-state index contributed by atoms with van der Waals surface area (Å²) in [5.41, 5.74) is 11.7. The van der Waals surface area contributed by atoms with E-state index in [0.717, 1.165) is 0 Å². The summed E-state index contributed by atoms with van der Waals surface area (Å²) in [6, 6.07) is 34.1. The second-order valence-electron chi connectivity index (χ2n) is 11.2. The summed E-state index contributed by atoms with van der Waals surface area (Å²) < 4.78 is 0. The van der Waals surface area contributed by atoms with E-state index in [9.17, 15) is 0 Å². The SMILES string of the molecule is CCCCCCCCCCCCc1ccc(-c2cc(-c3ccc(C)cc3)cc(-c3ccc(C)cc3)c2)cc1. The highest BCUT2D eigenvalue weighted by Crippen LogP contribution is 2.33. The molecule has 38 heavy (non-hydrogen) atoms. The molecule has 0 radical (unpaired) electrons. The second-order valence-corrected chi connectivity index (χ2v) is 11.2. The van der Waals surface area contributed by atoms with Crippen LogP contribution in [-0.2, 0) is 6.42 Å². The zero-order valence-electron chi connectivity index (χ0n) is 23.9. The maximum atomic E-state index is 2.35. The predicted molar refractivity (Wildman–Crippen MR) is 168 cm³/mol. The van der Waals surface area contributed by atoms with Gasteiger partial charge < -0.3 is 0 Å². The minimum Gasteiger partial charge on any atom is -0.0654 e. The molecule has 0 unspecified atom stereocenters. The van der Waals surface area contributed by atoms with Gasteiger partial charge in [0.1, 0.15) is 0 Å². The van der Waals surface area contributed by atoms with Crippen LogP contribution in [0.4, 0.5) is 0 Å². The largest absolute Gasteiger partial charge is 0.0654 e. The van der Waals surface area contributed by atoms with Gasteiger partial charge in [-0.3, -0.25) is 0 Å². The average Bonchev–Trinajstić information content (AvgIpc) is 2.95. The minimum atomic E-state index is 1.19. The van der Waals surface area contributed by atoms with E-state index in [1.807, 2.05) is 0 Å². The Morgan fingerprint density at radius 1 is 0.368 bits per heavy atom. The van der Waals surface area contributed by atoms with Gasteiger partial charge >= 0.3 is 0 Å². The van der Waals surface area contributed by atoms with Gasteiger partial charge in [0.2, 0.25) is 0 Å². The quantitative estimate of drug-likeness (QED) is 0.150. The fourth-order valence-corrected chi connectivity index (χ4v) is 5.30. The van der Waals surface area contributed by atoms with E-state index in [2.05, 4.69) is 112 Å². The van der Waals surface area contributed by atoms with Gasteiger partial charge in [-0.1, -0.05) is 149 Å². The number of rotatable bonds is 14. The molecule has 0 atom stereocenters. The number of benzene rings is 4. The lowest BCUT2D eigenvalue weighted by molar-refractivity contribution is 0.556. The van der Waals surface area contributed by atoms with Crippen molar-refractivity contribution < 1.29 is 0 Å². The Morgan fingerprint density at radius 2 is 0.711 bits per heavy atom. The van der Waals surface area contributed by atoms with Crippen LogP contribution in [0.25, 0.3) is 33.4 Å². The Balaban J connectivity index is 1.40. The molecule has 0 saturated heterocycles. The van der Waals surface area contributed by atoms with Gasteiger partial charge in [-0.25, -0.2) is 0 Å². The number of unbranched alkanes of at least 4 members (excludes halogenated alkanes) is 9. The van der Waals surface area contributed by atoms with Gasteiger partial charge in [0.25, 0.3) is 0 Å². The fraction of sp³-hybridized carbons (Fsp3) is 0.368. The Labute approximate surface area is 232 Å². The van der Waals surface area contributed by atoms with Gasteiger partial charge in [-0.15, -0.1) is 0 Å². The van der Waals surface area contributed by atoms with Crippen LogP contribution in [0, 0.1) is 13.8 Å². The maximum Gasteiger partial charge on any atom is -0.0172 e. The van der Waals surface area contributed by atoms with Gasteiger partial charge in [-0.05, 0) is 83.8 Å². The molecule has 4 aromatic rings. The van der Waals surface area contributed by atoms with Crippen molar-refractivity contribution in [2.75, 3.05) is 0 Å². The second kappa shape index (κ2) is 14.7. The first-order valence-electron chi connectivity index (χ1n) is 15.0. The first kappa shape index (κ1) is 27.9. The molecule has 0 aromatic heterocycles. The van der Waals surface area contributed by atoms with Crippen molar-refractivity contribution in [3.63, 3.8) is 0 Å². The molecule has 0 heteroatoms. The van der Waals surface area contributed by atoms with E-state index < -0.39 is 0 Å². The number of hydrogen-bond acceptors (Lipinski definition) is 0. The van der Waals surface area contributed by atoms with Crippen LogP contribution in [0.15, 0.2) is 91.0 Å². The highest BCUT2D eigenvalue weighted by molar-refractivity contribution is 5.81. The third kappa shape index (κ3) is 8.45. The molecule has 0 aliphatic rings. The molecular formula is C38H46. The smallest absolute Gasteiger partial charge is 0.0172 e. The molecule has 0 spiro atoms. The monoisotopic (exact) mass is 502 g/mol. The first-order valence-corrected chi connectivity index (χ1v) is 15.0. The molecule has 4 rings (SSSR count). The lowest BCUT2D eigenvalue weighted by Gasteiger charge is -2.12. The summed E-state index contributed by atoms with van der Waals surface area (Å²) in [4.78, 5) is 0. The molecule has 0 fully saturated rings.